The molecule has 2 heteroatoms. The highest BCUT2D eigenvalue weighted by Crippen LogP contribution is 2.60. The maximum Gasteiger partial charge on any atom is 0.0460 e. The highest BCUT2D eigenvalue weighted by Gasteiger charge is 2.49. The molecule has 2 heterocycles. The van der Waals surface area contributed by atoms with Crippen LogP contribution < -0.4 is 0 Å². The van der Waals surface area contributed by atoms with Crippen molar-refractivity contribution >= 4 is 21.8 Å². The third kappa shape index (κ3) is 2.54. The Hall–Kier alpha value is -4.04. The van der Waals surface area contributed by atoms with Gasteiger partial charge in [-0.2, -0.15) is 0 Å². The number of rotatable bonds is 2. The summed E-state index contributed by atoms with van der Waals surface area (Å²) in [5.74, 6) is 0.713. The van der Waals surface area contributed by atoms with E-state index in [1.54, 1.807) is 0 Å². The van der Waals surface area contributed by atoms with Gasteiger partial charge in [-0.1, -0.05) is 84.9 Å². The lowest BCUT2D eigenvalue weighted by Gasteiger charge is -2.46. The van der Waals surface area contributed by atoms with Crippen molar-refractivity contribution in [2.45, 2.75) is 30.1 Å². The molecule has 0 aliphatic heterocycles. The average molecular weight is 451 g/mol. The molecule has 2 unspecified atom stereocenters. The quantitative estimate of drug-likeness (QED) is 0.268. The summed E-state index contributed by atoms with van der Waals surface area (Å²) in [6, 6.07) is 35.8. The van der Waals surface area contributed by atoms with Crippen LogP contribution in [0.15, 0.2) is 109 Å². The van der Waals surface area contributed by atoms with Gasteiger partial charge in [-0.25, -0.2) is 0 Å². The second kappa shape index (κ2) is 6.99. The Morgan fingerprint density at radius 1 is 0.514 bits per heavy atom. The third-order valence-corrected chi connectivity index (χ3v) is 8.77. The summed E-state index contributed by atoms with van der Waals surface area (Å²) in [5.41, 5.74) is 11.1. The zero-order chi connectivity index (χ0) is 23.0. The van der Waals surface area contributed by atoms with Crippen molar-refractivity contribution in [2.24, 2.45) is 0 Å². The third-order valence-electron chi connectivity index (χ3n) is 8.77. The molecule has 1 spiro atoms. The molecule has 0 saturated heterocycles. The van der Waals surface area contributed by atoms with Gasteiger partial charge in [-0.3, -0.25) is 0 Å². The fraction of sp³-hybridized carbons (Fsp3) is 0.152. The van der Waals surface area contributed by atoms with Crippen LogP contribution in [0.25, 0.3) is 21.8 Å². The highest BCUT2D eigenvalue weighted by molar-refractivity contribution is 5.95. The number of benzene rings is 4. The molecular weight excluding hydrogens is 424 g/mol. The highest BCUT2D eigenvalue weighted by atomic mass is 14.7. The maximum atomic E-state index is 3.66. The zero-order valence-corrected chi connectivity index (χ0v) is 19.5. The molecule has 2 aliphatic rings. The lowest BCUT2D eigenvalue weighted by molar-refractivity contribution is 0.385. The molecule has 168 valence electrons. The van der Waals surface area contributed by atoms with E-state index in [-0.39, 0.29) is 5.41 Å². The first-order valence-electron chi connectivity index (χ1n) is 12.6. The van der Waals surface area contributed by atoms with Crippen molar-refractivity contribution in [3.05, 3.63) is 143 Å². The molecule has 2 nitrogen and oxygen atoms in total. The number of fused-ring (bicyclic) bond motifs is 2. The van der Waals surface area contributed by atoms with E-state index in [2.05, 4.69) is 119 Å². The molecule has 2 N–H and O–H groups in total. The lowest BCUT2D eigenvalue weighted by atomic mass is 9.56. The molecule has 2 aromatic heterocycles. The van der Waals surface area contributed by atoms with Crippen molar-refractivity contribution in [1.82, 2.24) is 9.97 Å². The molecule has 2 aliphatic carbocycles. The molecule has 4 aromatic carbocycles. The topological polar surface area (TPSA) is 31.6 Å². The van der Waals surface area contributed by atoms with Gasteiger partial charge in [0.15, 0.2) is 0 Å². The number of aromatic nitrogens is 2. The summed E-state index contributed by atoms with van der Waals surface area (Å²) in [7, 11) is 0. The number of hydrogen-bond donors (Lipinski definition) is 2. The smallest absolute Gasteiger partial charge is 0.0460 e. The number of hydrogen-bond acceptors (Lipinski definition) is 0. The van der Waals surface area contributed by atoms with E-state index in [1.165, 1.54) is 55.2 Å². The van der Waals surface area contributed by atoms with Gasteiger partial charge in [0, 0.05) is 51.5 Å². The van der Waals surface area contributed by atoms with Crippen LogP contribution in [0.2, 0.25) is 0 Å². The van der Waals surface area contributed by atoms with Gasteiger partial charge < -0.3 is 9.97 Å². The summed E-state index contributed by atoms with van der Waals surface area (Å²) in [5, 5.41) is 2.85. The molecule has 0 radical (unpaired) electrons. The molecule has 0 amide bonds. The van der Waals surface area contributed by atoms with Gasteiger partial charge in [-0.15, -0.1) is 0 Å². The fourth-order valence-electron chi connectivity index (χ4n) is 7.31. The molecule has 2 atom stereocenters. The number of H-pyrrole nitrogens is 2. The van der Waals surface area contributed by atoms with E-state index in [0.717, 1.165) is 12.8 Å². The number of aromatic amines is 2. The van der Waals surface area contributed by atoms with E-state index >= 15 is 0 Å². The fourth-order valence-corrected chi connectivity index (χ4v) is 7.31. The van der Waals surface area contributed by atoms with Crippen LogP contribution in [-0.4, -0.2) is 9.97 Å². The minimum absolute atomic E-state index is 0.0692. The minimum atomic E-state index is -0.0692. The van der Waals surface area contributed by atoms with Gasteiger partial charge in [0.05, 0.1) is 0 Å². The largest absolute Gasteiger partial charge is 0.361 e. The standard InChI is InChI=1S/C33H26N2/c1-3-9-21(10-4-1)25-17-33(27-19-34-29-15-7-13-23(25)31(27)29)18-26(22-11-5-2-6-12-22)24-14-8-16-30-32(24)28(33)20-35-30/h1-16,19-20,25-26,34-35H,17-18H2. The Labute approximate surface area is 204 Å². The summed E-state index contributed by atoms with van der Waals surface area (Å²) >= 11 is 0. The molecule has 35 heavy (non-hydrogen) atoms. The summed E-state index contributed by atoms with van der Waals surface area (Å²) in [6.45, 7) is 0. The Balaban J connectivity index is 1.47. The maximum absolute atomic E-state index is 3.66. The van der Waals surface area contributed by atoms with Crippen LogP contribution in [0, 0.1) is 0 Å². The SMILES string of the molecule is c1ccc(C2CC3(CC(c4ccccc4)c4cccc5[nH]cc3c45)c3c[nH]c4cccc2c34)cc1. The molecule has 0 bridgehead atoms. The summed E-state index contributed by atoms with van der Waals surface area (Å²) in [4.78, 5) is 7.31. The van der Waals surface area contributed by atoms with E-state index < -0.39 is 0 Å². The van der Waals surface area contributed by atoms with Gasteiger partial charge in [0.1, 0.15) is 0 Å². The van der Waals surface area contributed by atoms with Crippen LogP contribution in [0.4, 0.5) is 0 Å². The summed E-state index contributed by atoms with van der Waals surface area (Å²) < 4.78 is 0. The first-order chi connectivity index (χ1) is 17.3. The number of nitrogens with one attached hydrogen (secondary N) is 2. The van der Waals surface area contributed by atoms with Crippen molar-refractivity contribution in [2.75, 3.05) is 0 Å². The first kappa shape index (κ1) is 19.3. The van der Waals surface area contributed by atoms with Gasteiger partial charge >= 0.3 is 0 Å². The van der Waals surface area contributed by atoms with E-state index in [4.69, 9.17) is 0 Å². The zero-order valence-electron chi connectivity index (χ0n) is 19.5. The van der Waals surface area contributed by atoms with Crippen LogP contribution in [-0.2, 0) is 5.41 Å². The molecular formula is C33H26N2. The predicted octanol–water partition coefficient (Wildman–Crippen LogP) is 8.01. The molecule has 8 rings (SSSR count). The normalized spacial score (nSPS) is 22.7. The van der Waals surface area contributed by atoms with Crippen molar-refractivity contribution in [3.8, 4) is 0 Å². The van der Waals surface area contributed by atoms with E-state index in [1.807, 2.05) is 0 Å². The molecule has 0 saturated carbocycles. The Morgan fingerprint density at radius 3 is 1.43 bits per heavy atom. The van der Waals surface area contributed by atoms with Gasteiger partial charge in [-0.05, 0) is 58.4 Å². The summed E-state index contributed by atoms with van der Waals surface area (Å²) in [6.07, 6.45) is 6.77. The van der Waals surface area contributed by atoms with Crippen molar-refractivity contribution < 1.29 is 0 Å². The first-order valence-corrected chi connectivity index (χ1v) is 12.6. The van der Waals surface area contributed by atoms with Crippen LogP contribution >= 0.6 is 0 Å². The van der Waals surface area contributed by atoms with Gasteiger partial charge in [0.2, 0.25) is 0 Å². The Bertz CT molecular complexity index is 1570. The van der Waals surface area contributed by atoms with Crippen LogP contribution in [0.5, 0.6) is 0 Å². The van der Waals surface area contributed by atoms with E-state index in [9.17, 15) is 0 Å². The van der Waals surface area contributed by atoms with Crippen LogP contribution in [0.1, 0.15) is 58.1 Å². The second-order valence-corrected chi connectivity index (χ2v) is 10.4. The lowest BCUT2D eigenvalue weighted by Crippen LogP contribution is -2.37. The predicted molar refractivity (Wildman–Crippen MR) is 143 cm³/mol. The van der Waals surface area contributed by atoms with Gasteiger partial charge in [0.25, 0.3) is 0 Å². The molecule has 0 fully saturated rings. The van der Waals surface area contributed by atoms with Crippen molar-refractivity contribution in [1.29, 1.82) is 0 Å². The van der Waals surface area contributed by atoms with Crippen LogP contribution in [0.3, 0.4) is 0 Å². The second-order valence-electron chi connectivity index (χ2n) is 10.4. The Kier molecular flexibility index (Phi) is 3.85. The van der Waals surface area contributed by atoms with Crippen molar-refractivity contribution in [3.63, 3.8) is 0 Å². The monoisotopic (exact) mass is 450 g/mol. The average Bonchev–Trinajstić information content (AvgIpc) is 3.57. The Morgan fingerprint density at radius 2 is 0.971 bits per heavy atom. The van der Waals surface area contributed by atoms with E-state index in [0.29, 0.717) is 11.8 Å². The molecule has 6 aromatic rings. The minimum Gasteiger partial charge on any atom is -0.361 e.